The molecule has 2 aromatic heterocycles. The number of thiophene rings is 1. The minimum Gasteiger partial charge on any atom is -0.310 e. The van der Waals surface area contributed by atoms with Crippen molar-refractivity contribution >= 4 is 81.1 Å². The van der Waals surface area contributed by atoms with Gasteiger partial charge in [-0.25, -0.2) is 0 Å². The third kappa shape index (κ3) is 6.01. The van der Waals surface area contributed by atoms with Crippen molar-refractivity contribution in [2.24, 2.45) is 0 Å². The van der Waals surface area contributed by atoms with Crippen molar-refractivity contribution in [1.29, 1.82) is 0 Å². The lowest BCUT2D eigenvalue weighted by molar-refractivity contribution is 1.18. The molecule has 0 unspecified atom stereocenters. The van der Waals surface area contributed by atoms with Crippen molar-refractivity contribution in [3.63, 3.8) is 0 Å². The summed E-state index contributed by atoms with van der Waals surface area (Å²) in [7, 11) is 0. The predicted molar refractivity (Wildman–Crippen MR) is 262 cm³/mol. The molecule has 2 heterocycles. The van der Waals surface area contributed by atoms with E-state index in [-0.39, 0.29) is 0 Å². The minimum absolute atomic E-state index is 1.10. The first-order chi connectivity index (χ1) is 30.2. The lowest BCUT2D eigenvalue weighted by Gasteiger charge is -2.28. The summed E-state index contributed by atoms with van der Waals surface area (Å²) < 4.78 is 5.03. The highest BCUT2D eigenvalue weighted by Crippen LogP contribution is 2.45. The summed E-state index contributed by atoms with van der Waals surface area (Å²) in [6, 6.07) is 84.2. The third-order valence-corrected chi connectivity index (χ3v) is 13.3. The van der Waals surface area contributed by atoms with Gasteiger partial charge in [-0.1, -0.05) is 158 Å². The monoisotopic (exact) mass is 794 g/mol. The van der Waals surface area contributed by atoms with E-state index in [4.69, 9.17) is 0 Å². The first-order valence-electron chi connectivity index (χ1n) is 20.8. The molecule has 0 aliphatic rings. The van der Waals surface area contributed by atoms with Crippen LogP contribution in [0.2, 0.25) is 0 Å². The number of aromatic nitrogens is 1. The van der Waals surface area contributed by atoms with Crippen LogP contribution in [0.25, 0.3) is 91.8 Å². The maximum Gasteiger partial charge on any atom is 0.0547 e. The summed E-state index contributed by atoms with van der Waals surface area (Å²) in [6.45, 7) is 0. The van der Waals surface area contributed by atoms with Gasteiger partial charge in [0.15, 0.2) is 0 Å². The number of para-hydroxylation sites is 2. The fourth-order valence-corrected chi connectivity index (χ4v) is 10.4. The molecule has 0 amide bonds. The Morgan fingerprint density at radius 2 is 0.918 bits per heavy atom. The fraction of sp³-hybridized carbons (Fsp3) is 0. The lowest BCUT2D eigenvalue weighted by atomic mass is 9.95. The largest absolute Gasteiger partial charge is 0.310 e. The number of rotatable bonds is 7. The van der Waals surface area contributed by atoms with Crippen LogP contribution in [0.4, 0.5) is 17.1 Å². The maximum absolute atomic E-state index is 2.43. The molecule has 10 aromatic carbocycles. The predicted octanol–water partition coefficient (Wildman–Crippen LogP) is 16.8. The molecular formula is C58H38N2S. The van der Waals surface area contributed by atoms with E-state index in [0.717, 1.165) is 28.3 Å². The SMILES string of the molecule is c1ccc(-c2ccc(N(c3cccc(-c4ccc5c6ccccc6n(-c6ccccc6)c5c4)c3)c3ccc(-c4ccc5sc6ccccc6c5c4)c4ccccc34)cc2)cc1. The Kier molecular flexibility index (Phi) is 8.39. The quantitative estimate of drug-likeness (QED) is 0.156. The summed E-state index contributed by atoms with van der Waals surface area (Å²) in [6.07, 6.45) is 0. The standard InChI is InChI=1S/C58H38N2S/c1-3-14-39(15-4-1)40-26-30-45(31-27-40)59(55-34-33-47(48-20-7-8-21-49(48)55)43-29-35-58-53(37-43)52-23-10-12-25-57(52)61-58)46-19-13-16-41(36-46)42-28-32-51-50-22-9-11-24-54(50)60(56(51)38-42)44-17-5-2-6-18-44/h1-38H. The van der Waals surface area contributed by atoms with Crippen LogP contribution in [-0.2, 0) is 0 Å². The van der Waals surface area contributed by atoms with Crippen LogP contribution in [-0.4, -0.2) is 4.57 Å². The summed E-state index contributed by atoms with van der Waals surface area (Å²) in [5.74, 6) is 0. The summed E-state index contributed by atoms with van der Waals surface area (Å²) >= 11 is 1.86. The van der Waals surface area contributed by atoms with Gasteiger partial charge in [-0.05, 0) is 112 Å². The number of fused-ring (bicyclic) bond motifs is 7. The third-order valence-electron chi connectivity index (χ3n) is 12.2. The molecule has 0 fully saturated rings. The Hall–Kier alpha value is -7.72. The Morgan fingerprint density at radius 3 is 1.75 bits per heavy atom. The molecule has 286 valence electrons. The molecular weight excluding hydrogens is 757 g/mol. The molecule has 0 bridgehead atoms. The van der Waals surface area contributed by atoms with E-state index in [1.165, 1.54) is 80.6 Å². The van der Waals surface area contributed by atoms with Gasteiger partial charge in [0.1, 0.15) is 0 Å². The topological polar surface area (TPSA) is 8.17 Å². The molecule has 61 heavy (non-hydrogen) atoms. The van der Waals surface area contributed by atoms with E-state index in [1.807, 2.05) is 11.3 Å². The highest BCUT2D eigenvalue weighted by atomic mass is 32.1. The van der Waals surface area contributed by atoms with E-state index in [0.29, 0.717) is 0 Å². The second kappa shape index (κ2) is 14.5. The average Bonchev–Trinajstić information content (AvgIpc) is 3.88. The van der Waals surface area contributed by atoms with Crippen molar-refractivity contribution < 1.29 is 0 Å². The molecule has 2 nitrogen and oxygen atoms in total. The van der Waals surface area contributed by atoms with E-state index < -0.39 is 0 Å². The van der Waals surface area contributed by atoms with Gasteiger partial charge in [0.25, 0.3) is 0 Å². The number of anilines is 3. The Balaban J connectivity index is 1.03. The first-order valence-corrected chi connectivity index (χ1v) is 21.6. The number of nitrogens with zero attached hydrogens (tertiary/aromatic N) is 2. The summed E-state index contributed by atoms with van der Waals surface area (Å²) in [4.78, 5) is 2.43. The van der Waals surface area contributed by atoms with E-state index in [9.17, 15) is 0 Å². The molecule has 12 rings (SSSR count). The van der Waals surface area contributed by atoms with Crippen molar-refractivity contribution in [2.75, 3.05) is 4.90 Å². The normalized spacial score (nSPS) is 11.6. The number of hydrogen-bond donors (Lipinski definition) is 0. The smallest absolute Gasteiger partial charge is 0.0547 e. The van der Waals surface area contributed by atoms with Gasteiger partial charge in [0.2, 0.25) is 0 Å². The second-order valence-corrected chi connectivity index (χ2v) is 16.8. The van der Waals surface area contributed by atoms with Crippen LogP contribution in [0, 0.1) is 0 Å². The Morgan fingerprint density at radius 1 is 0.311 bits per heavy atom. The van der Waals surface area contributed by atoms with E-state index in [2.05, 4.69) is 240 Å². The Labute approximate surface area is 358 Å². The van der Waals surface area contributed by atoms with Gasteiger partial charge < -0.3 is 9.47 Å². The lowest BCUT2D eigenvalue weighted by Crippen LogP contribution is -2.10. The molecule has 0 atom stereocenters. The Bertz CT molecular complexity index is 3580. The van der Waals surface area contributed by atoms with Gasteiger partial charge >= 0.3 is 0 Å². The number of benzene rings is 10. The minimum atomic E-state index is 1.10. The first kappa shape index (κ1) is 35.2. The van der Waals surface area contributed by atoms with Crippen LogP contribution in [0.1, 0.15) is 0 Å². The van der Waals surface area contributed by atoms with E-state index in [1.54, 1.807) is 0 Å². The van der Waals surface area contributed by atoms with Crippen LogP contribution in [0.3, 0.4) is 0 Å². The van der Waals surface area contributed by atoms with Crippen molar-refractivity contribution in [2.45, 2.75) is 0 Å². The summed E-state index contributed by atoms with van der Waals surface area (Å²) in [5, 5.41) is 7.55. The molecule has 0 spiro atoms. The van der Waals surface area contributed by atoms with Crippen LogP contribution < -0.4 is 4.90 Å². The second-order valence-electron chi connectivity index (χ2n) is 15.7. The van der Waals surface area contributed by atoms with Gasteiger partial charge in [0.05, 0.1) is 16.7 Å². The van der Waals surface area contributed by atoms with Crippen molar-refractivity contribution in [3.8, 4) is 39.1 Å². The molecule has 0 N–H and O–H groups in total. The van der Waals surface area contributed by atoms with Gasteiger partial charge in [-0.3, -0.25) is 0 Å². The van der Waals surface area contributed by atoms with Crippen molar-refractivity contribution in [1.82, 2.24) is 4.57 Å². The zero-order valence-electron chi connectivity index (χ0n) is 33.2. The van der Waals surface area contributed by atoms with Crippen LogP contribution in [0.5, 0.6) is 0 Å². The zero-order valence-corrected chi connectivity index (χ0v) is 34.1. The highest BCUT2D eigenvalue weighted by molar-refractivity contribution is 7.25. The van der Waals surface area contributed by atoms with E-state index >= 15 is 0 Å². The maximum atomic E-state index is 2.43. The van der Waals surface area contributed by atoms with Crippen LogP contribution in [0.15, 0.2) is 231 Å². The average molecular weight is 795 g/mol. The molecule has 0 saturated carbocycles. The molecule has 0 saturated heterocycles. The summed E-state index contributed by atoms with van der Waals surface area (Å²) in [5.41, 5.74) is 14.1. The molecule has 0 aliphatic carbocycles. The van der Waals surface area contributed by atoms with Gasteiger partial charge in [-0.15, -0.1) is 11.3 Å². The van der Waals surface area contributed by atoms with Gasteiger partial charge in [-0.2, -0.15) is 0 Å². The molecule has 3 heteroatoms. The van der Waals surface area contributed by atoms with Crippen LogP contribution >= 0.6 is 11.3 Å². The van der Waals surface area contributed by atoms with Gasteiger partial charge in [0, 0.05) is 53.4 Å². The molecule has 0 radical (unpaired) electrons. The molecule has 12 aromatic rings. The highest BCUT2D eigenvalue weighted by Gasteiger charge is 2.20. The zero-order chi connectivity index (χ0) is 40.3. The van der Waals surface area contributed by atoms with Crippen molar-refractivity contribution in [3.05, 3.63) is 231 Å². The number of hydrogen-bond acceptors (Lipinski definition) is 2. The fourth-order valence-electron chi connectivity index (χ4n) is 9.31. The molecule has 0 aliphatic heterocycles.